The third-order valence-corrected chi connectivity index (χ3v) is 2.70. The Bertz CT molecular complexity index is 705. The molecule has 0 aromatic heterocycles. The van der Waals surface area contributed by atoms with Gasteiger partial charge in [0.2, 0.25) is 0 Å². The van der Waals surface area contributed by atoms with E-state index in [0.717, 1.165) is 6.29 Å². The molecule has 0 saturated heterocycles. The summed E-state index contributed by atoms with van der Waals surface area (Å²) in [4.78, 5) is 22.3. The van der Waals surface area contributed by atoms with Crippen LogP contribution in [0.1, 0.15) is 31.8 Å². The summed E-state index contributed by atoms with van der Waals surface area (Å²) < 4.78 is 4.71. The van der Waals surface area contributed by atoms with E-state index < -0.39 is 5.97 Å². The first kappa shape index (κ1) is 13.6. The topological polar surface area (TPSA) is 43.4 Å². The number of hydrogen-bond donors (Lipinski definition) is 0. The molecule has 0 aliphatic rings. The lowest BCUT2D eigenvalue weighted by Crippen LogP contribution is -2.03. The second-order valence-corrected chi connectivity index (χ2v) is 4.03. The van der Waals surface area contributed by atoms with E-state index in [2.05, 4.69) is 11.8 Å². The van der Waals surface area contributed by atoms with E-state index in [1.54, 1.807) is 48.5 Å². The lowest BCUT2D eigenvalue weighted by Gasteiger charge is -2.01. The second kappa shape index (κ2) is 6.35. The van der Waals surface area contributed by atoms with Crippen molar-refractivity contribution >= 4 is 12.3 Å². The fraction of sp³-hybridized carbons (Fsp3) is 0.0588. The summed E-state index contributed by atoms with van der Waals surface area (Å²) in [6, 6.07) is 13.9. The number of ether oxygens (including phenoxy) is 1. The van der Waals surface area contributed by atoms with Crippen molar-refractivity contribution in [3.05, 3.63) is 70.8 Å². The molecule has 0 N–H and O–H groups in total. The van der Waals surface area contributed by atoms with Crippen molar-refractivity contribution in [2.75, 3.05) is 7.11 Å². The summed E-state index contributed by atoms with van der Waals surface area (Å²) in [5, 5.41) is 0. The molecule has 0 radical (unpaired) electrons. The van der Waals surface area contributed by atoms with Crippen LogP contribution in [-0.4, -0.2) is 19.4 Å². The molecule has 0 bridgehead atoms. The molecular weight excluding hydrogens is 252 g/mol. The molecule has 0 aliphatic heterocycles. The van der Waals surface area contributed by atoms with Gasteiger partial charge >= 0.3 is 5.97 Å². The molecule has 0 fully saturated rings. The van der Waals surface area contributed by atoms with Crippen LogP contribution in [0.3, 0.4) is 0 Å². The molecule has 2 aromatic rings. The summed E-state index contributed by atoms with van der Waals surface area (Å²) >= 11 is 0. The Hall–Kier alpha value is -2.86. The first-order valence-electron chi connectivity index (χ1n) is 5.99. The van der Waals surface area contributed by atoms with Crippen LogP contribution in [-0.2, 0) is 4.74 Å². The van der Waals surface area contributed by atoms with Gasteiger partial charge in [-0.25, -0.2) is 4.79 Å². The van der Waals surface area contributed by atoms with Crippen molar-refractivity contribution < 1.29 is 14.3 Å². The predicted molar refractivity (Wildman–Crippen MR) is 75.6 cm³/mol. The van der Waals surface area contributed by atoms with Crippen LogP contribution in [0.15, 0.2) is 48.5 Å². The minimum Gasteiger partial charge on any atom is -0.465 e. The van der Waals surface area contributed by atoms with Gasteiger partial charge in [0.05, 0.1) is 12.7 Å². The Morgan fingerprint density at radius 3 is 2.65 bits per heavy atom. The van der Waals surface area contributed by atoms with E-state index in [0.29, 0.717) is 22.3 Å². The van der Waals surface area contributed by atoms with Gasteiger partial charge in [-0.2, -0.15) is 0 Å². The largest absolute Gasteiger partial charge is 0.465 e. The number of rotatable bonds is 2. The molecule has 98 valence electrons. The highest BCUT2D eigenvalue weighted by molar-refractivity contribution is 5.92. The minimum atomic E-state index is -0.420. The van der Waals surface area contributed by atoms with Crippen molar-refractivity contribution in [3.63, 3.8) is 0 Å². The maximum absolute atomic E-state index is 11.6. The molecule has 3 nitrogen and oxygen atoms in total. The molecule has 2 aromatic carbocycles. The average molecular weight is 264 g/mol. The van der Waals surface area contributed by atoms with Crippen LogP contribution in [0.2, 0.25) is 0 Å². The molecule has 0 spiro atoms. The number of carbonyl (C=O) groups is 2. The van der Waals surface area contributed by atoms with Crippen molar-refractivity contribution in [1.29, 1.82) is 0 Å². The van der Waals surface area contributed by atoms with Crippen molar-refractivity contribution in [3.8, 4) is 11.8 Å². The van der Waals surface area contributed by atoms with Gasteiger partial charge < -0.3 is 4.74 Å². The zero-order chi connectivity index (χ0) is 14.4. The third-order valence-electron chi connectivity index (χ3n) is 2.70. The van der Waals surface area contributed by atoms with Crippen LogP contribution in [0.4, 0.5) is 0 Å². The summed E-state index contributed by atoms with van der Waals surface area (Å²) in [7, 11) is 1.33. The highest BCUT2D eigenvalue weighted by Gasteiger charge is 2.08. The number of benzene rings is 2. The molecule has 0 aliphatic carbocycles. The number of hydrogen-bond acceptors (Lipinski definition) is 3. The van der Waals surface area contributed by atoms with E-state index in [1.165, 1.54) is 7.11 Å². The summed E-state index contributed by atoms with van der Waals surface area (Å²) in [5.41, 5.74) is 2.30. The normalized spacial score (nSPS) is 9.25. The van der Waals surface area contributed by atoms with E-state index in [4.69, 9.17) is 4.74 Å². The van der Waals surface area contributed by atoms with E-state index in [9.17, 15) is 9.59 Å². The third kappa shape index (κ3) is 3.12. The maximum Gasteiger partial charge on any atom is 0.339 e. The minimum absolute atomic E-state index is 0.420. The van der Waals surface area contributed by atoms with Gasteiger partial charge in [0.1, 0.15) is 6.29 Å². The van der Waals surface area contributed by atoms with Gasteiger partial charge in [-0.3, -0.25) is 4.79 Å². The average Bonchev–Trinajstić information content (AvgIpc) is 2.52. The highest BCUT2D eigenvalue weighted by Crippen LogP contribution is 2.09. The van der Waals surface area contributed by atoms with Gasteiger partial charge in [-0.1, -0.05) is 36.1 Å². The van der Waals surface area contributed by atoms with Crippen molar-refractivity contribution in [2.24, 2.45) is 0 Å². The number of esters is 1. The molecule has 20 heavy (non-hydrogen) atoms. The van der Waals surface area contributed by atoms with Gasteiger partial charge in [0.15, 0.2) is 0 Å². The molecule has 0 atom stereocenters. The number of methoxy groups -OCH3 is 1. The number of carbonyl (C=O) groups excluding carboxylic acids is 2. The Morgan fingerprint density at radius 2 is 1.90 bits per heavy atom. The lowest BCUT2D eigenvalue weighted by molar-refractivity contribution is 0.0600. The molecular formula is C17H12O3. The fourth-order valence-electron chi connectivity index (χ4n) is 1.71. The second-order valence-electron chi connectivity index (χ2n) is 4.03. The molecule has 0 saturated carbocycles. The quantitative estimate of drug-likeness (QED) is 0.476. The summed E-state index contributed by atoms with van der Waals surface area (Å²) in [6.45, 7) is 0. The van der Waals surface area contributed by atoms with Crippen LogP contribution >= 0.6 is 0 Å². The molecule has 0 heterocycles. The summed E-state index contributed by atoms with van der Waals surface area (Å²) in [6.07, 6.45) is 0.771. The Labute approximate surface area is 117 Å². The SMILES string of the molecule is COC(=O)c1ccccc1C#Cc1cccc(C=O)c1. The predicted octanol–water partition coefficient (Wildman–Crippen LogP) is 2.69. The van der Waals surface area contributed by atoms with E-state index >= 15 is 0 Å². The van der Waals surface area contributed by atoms with E-state index in [-0.39, 0.29) is 0 Å². The summed E-state index contributed by atoms with van der Waals surface area (Å²) in [5.74, 6) is 5.45. The maximum atomic E-state index is 11.6. The highest BCUT2D eigenvalue weighted by atomic mass is 16.5. The monoisotopic (exact) mass is 264 g/mol. The lowest BCUT2D eigenvalue weighted by atomic mass is 10.1. The van der Waals surface area contributed by atoms with E-state index in [1.807, 2.05) is 0 Å². The van der Waals surface area contributed by atoms with Crippen LogP contribution in [0.5, 0.6) is 0 Å². The Morgan fingerprint density at radius 1 is 1.10 bits per heavy atom. The zero-order valence-electron chi connectivity index (χ0n) is 10.9. The van der Waals surface area contributed by atoms with Gasteiger partial charge in [-0.15, -0.1) is 0 Å². The number of aldehydes is 1. The fourth-order valence-corrected chi connectivity index (χ4v) is 1.71. The molecule has 2 rings (SSSR count). The van der Waals surface area contributed by atoms with Crippen molar-refractivity contribution in [1.82, 2.24) is 0 Å². The first-order chi connectivity index (χ1) is 9.74. The van der Waals surface area contributed by atoms with Crippen LogP contribution < -0.4 is 0 Å². The first-order valence-corrected chi connectivity index (χ1v) is 5.99. The standard InChI is InChI=1S/C17H12O3/c1-20-17(19)16-8-3-2-7-15(16)10-9-13-5-4-6-14(11-13)12-18/h2-8,11-12H,1H3. The molecule has 0 amide bonds. The molecule has 3 heteroatoms. The Kier molecular flexibility index (Phi) is 4.31. The van der Waals surface area contributed by atoms with Gasteiger partial charge in [0.25, 0.3) is 0 Å². The smallest absolute Gasteiger partial charge is 0.339 e. The Balaban J connectivity index is 2.37. The zero-order valence-corrected chi connectivity index (χ0v) is 10.9. The van der Waals surface area contributed by atoms with Crippen LogP contribution in [0.25, 0.3) is 0 Å². The van der Waals surface area contributed by atoms with Gasteiger partial charge in [0, 0.05) is 16.7 Å². The van der Waals surface area contributed by atoms with Crippen LogP contribution in [0, 0.1) is 11.8 Å². The molecule has 0 unspecified atom stereocenters. The van der Waals surface area contributed by atoms with Gasteiger partial charge in [-0.05, 0) is 24.3 Å². The van der Waals surface area contributed by atoms with Crippen molar-refractivity contribution in [2.45, 2.75) is 0 Å².